The van der Waals surface area contributed by atoms with Gasteiger partial charge < -0.3 is 14.8 Å². The molecule has 1 N–H and O–H groups in total. The predicted molar refractivity (Wildman–Crippen MR) is 67.4 cm³/mol. The van der Waals surface area contributed by atoms with Crippen LogP contribution in [0, 0.1) is 5.41 Å². The molecular formula is C13H20N2O2. The van der Waals surface area contributed by atoms with E-state index in [0.29, 0.717) is 11.3 Å². The average Bonchev–Trinajstić information content (AvgIpc) is 2.38. The lowest BCUT2D eigenvalue weighted by atomic mass is 9.82. The molecule has 0 saturated carbocycles. The SMILES string of the molecule is COc1cc(NCC2(C)CCOCC2)ccn1. The predicted octanol–water partition coefficient (Wildman–Crippen LogP) is 2.32. The maximum atomic E-state index is 5.40. The van der Waals surface area contributed by atoms with Gasteiger partial charge in [0.15, 0.2) is 0 Å². The molecule has 1 aliphatic rings. The number of hydrogen-bond acceptors (Lipinski definition) is 4. The summed E-state index contributed by atoms with van der Waals surface area (Å²) in [5.74, 6) is 0.645. The zero-order valence-electron chi connectivity index (χ0n) is 10.5. The number of hydrogen-bond donors (Lipinski definition) is 1. The van der Waals surface area contributed by atoms with Crippen molar-refractivity contribution in [3.8, 4) is 5.88 Å². The Morgan fingerprint density at radius 2 is 2.24 bits per heavy atom. The van der Waals surface area contributed by atoms with E-state index in [1.165, 1.54) is 0 Å². The lowest BCUT2D eigenvalue weighted by molar-refractivity contribution is 0.0300. The third-order valence-corrected chi connectivity index (χ3v) is 3.36. The molecule has 0 aromatic carbocycles. The standard InChI is InChI=1S/C13H20N2O2/c1-13(4-7-17-8-5-13)10-15-11-3-6-14-12(9-11)16-2/h3,6,9H,4-5,7-8,10H2,1-2H3,(H,14,15). The zero-order chi connectivity index (χ0) is 12.1. The number of anilines is 1. The smallest absolute Gasteiger partial charge is 0.214 e. The van der Waals surface area contributed by atoms with Gasteiger partial charge in [-0.05, 0) is 24.3 Å². The highest BCUT2D eigenvalue weighted by atomic mass is 16.5. The Morgan fingerprint density at radius 1 is 1.47 bits per heavy atom. The Balaban J connectivity index is 1.92. The van der Waals surface area contributed by atoms with Gasteiger partial charge in [-0.15, -0.1) is 0 Å². The molecule has 2 rings (SSSR count). The molecule has 1 aromatic heterocycles. The van der Waals surface area contributed by atoms with E-state index in [2.05, 4.69) is 17.2 Å². The van der Waals surface area contributed by atoms with Crippen molar-refractivity contribution in [1.29, 1.82) is 0 Å². The molecular weight excluding hydrogens is 216 g/mol. The van der Waals surface area contributed by atoms with Gasteiger partial charge in [-0.25, -0.2) is 4.98 Å². The van der Waals surface area contributed by atoms with Crippen LogP contribution in [0.5, 0.6) is 5.88 Å². The first-order chi connectivity index (χ1) is 8.22. The molecule has 0 bridgehead atoms. The molecule has 1 aliphatic heterocycles. The second-order valence-corrected chi connectivity index (χ2v) is 4.86. The van der Waals surface area contributed by atoms with Gasteiger partial charge in [-0.2, -0.15) is 0 Å². The topological polar surface area (TPSA) is 43.4 Å². The van der Waals surface area contributed by atoms with Crippen LogP contribution in [0.3, 0.4) is 0 Å². The molecule has 4 nitrogen and oxygen atoms in total. The molecule has 0 atom stereocenters. The highest BCUT2D eigenvalue weighted by Gasteiger charge is 2.26. The Bertz CT molecular complexity index is 362. The van der Waals surface area contributed by atoms with E-state index in [9.17, 15) is 0 Å². The van der Waals surface area contributed by atoms with Crippen molar-refractivity contribution in [2.75, 3.05) is 32.2 Å². The van der Waals surface area contributed by atoms with Crippen LogP contribution in [0.4, 0.5) is 5.69 Å². The molecule has 0 aliphatic carbocycles. The van der Waals surface area contributed by atoms with Crippen LogP contribution in [-0.4, -0.2) is 31.9 Å². The molecule has 0 spiro atoms. The summed E-state index contributed by atoms with van der Waals surface area (Å²) in [5, 5.41) is 3.45. The summed E-state index contributed by atoms with van der Waals surface area (Å²) < 4.78 is 10.5. The minimum Gasteiger partial charge on any atom is -0.481 e. The Kier molecular flexibility index (Phi) is 3.84. The fraction of sp³-hybridized carbons (Fsp3) is 0.615. The minimum atomic E-state index is 0.328. The fourth-order valence-corrected chi connectivity index (χ4v) is 1.99. The number of methoxy groups -OCH3 is 1. The summed E-state index contributed by atoms with van der Waals surface area (Å²) in [6.45, 7) is 5.01. The molecule has 0 radical (unpaired) electrons. The number of rotatable bonds is 4. The highest BCUT2D eigenvalue weighted by Crippen LogP contribution is 2.30. The zero-order valence-corrected chi connectivity index (χ0v) is 10.5. The van der Waals surface area contributed by atoms with Crippen molar-refractivity contribution in [3.63, 3.8) is 0 Å². The van der Waals surface area contributed by atoms with Crippen LogP contribution in [0.2, 0.25) is 0 Å². The molecule has 0 amide bonds. The number of nitrogens with one attached hydrogen (secondary N) is 1. The van der Waals surface area contributed by atoms with Crippen molar-refractivity contribution in [1.82, 2.24) is 4.98 Å². The van der Waals surface area contributed by atoms with Crippen molar-refractivity contribution in [2.45, 2.75) is 19.8 Å². The van der Waals surface area contributed by atoms with Gasteiger partial charge in [0, 0.05) is 37.7 Å². The normalized spacial score (nSPS) is 18.7. The van der Waals surface area contributed by atoms with Crippen LogP contribution in [0.25, 0.3) is 0 Å². The van der Waals surface area contributed by atoms with Crippen LogP contribution in [0.15, 0.2) is 18.3 Å². The van der Waals surface area contributed by atoms with Crippen LogP contribution in [0.1, 0.15) is 19.8 Å². The Labute approximate surface area is 102 Å². The van der Waals surface area contributed by atoms with E-state index < -0.39 is 0 Å². The van der Waals surface area contributed by atoms with Crippen LogP contribution < -0.4 is 10.1 Å². The van der Waals surface area contributed by atoms with Crippen molar-refractivity contribution < 1.29 is 9.47 Å². The Hall–Kier alpha value is -1.29. The van der Waals surface area contributed by atoms with E-state index in [0.717, 1.165) is 38.3 Å². The van der Waals surface area contributed by atoms with Crippen LogP contribution >= 0.6 is 0 Å². The van der Waals surface area contributed by atoms with Crippen molar-refractivity contribution in [2.24, 2.45) is 5.41 Å². The van der Waals surface area contributed by atoms with Crippen molar-refractivity contribution in [3.05, 3.63) is 18.3 Å². The van der Waals surface area contributed by atoms with Gasteiger partial charge >= 0.3 is 0 Å². The summed E-state index contributed by atoms with van der Waals surface area (Å²) in [7, 11) is 1.63. The number of pyridine rings is 1. The van der Waals surface area contributed by atoms with Gasteiger partial charge in [0.05, 0.1) is 7.11 Å². The first-order valence-corrected chi connectivity index (χ1v) is 6.04. The highest BCUT2D eigenvalue weighted by molar-refractivity contribution is 5.45. The molecule has 1 fully saturated rings. The third-order valence-electron chi connectivity index (χ3n) is 3.36. The second-order valence-electron chi connectivity index (χ2n) is 4.86. The summed E-state index contributed by atoms with van der Waals surface area (Å²) in [5.41, 5.74) is 1.39. The van der Waals surface area contributed by atoms with E-state index >= 15 is 0 Å². The number of nitrogens with zero attached hydrogens (tertiary/aromatic N) is 1. The molecule has 1 saturated heterocycles. The first kappa shape index (κ1) is 12.2. The van der Waals surface area contributed by atoms with Gasteiger partial charge in [-0.3, -0.25) is 0 Å². The molecule has 1 aromatic rings. The molecule has 17 heavy (non-hydrogen) atoms. The quantitative estimate of drug-likeness (QED) is 0.871. The monoisotopic (exact) mass is 236 g/mol. The minimum absolute atomic E-state index is 0.328. The van der Waals surface area contributed by atoms with E-state index in [4.69, 9.17) is 9.47 Å². The van der Waals surface area contributed by atoms with E-state index in [-0.39, 0.29) is 0 Å². The van der Waals surface area contributed by atoms with Crippen molar-refractivity contribution >= 4 is 5.69 Å². The van der Waals surface area contributed by atoms with Gasteiger partial charge in [0.25, 0.3) is 0 Å². The largest absolute Gasteiger partial charge is 0.481 e. The maximum absolute atomic E-state index is 5.40. The molecule has 4 heteroatoms. The van der Waals surface area contributed by atoms with E-state index in [1.54, 1.807) is 13.3 Å². The molecule has 2 heterocycles. The van der Waals surface area contributed by atoms with Crippen LogP contribution in [-0.2, 0) is 4.74 Å². The lowest BCUT2D eigenvalue weighted by Crippen LogP contribution is -2.33. The summed E-state index contributed by atoms with van der Waals surface area (Å²) in [6, 6.07) is 3.88. The first-order valence-electron chi connectivity index (χ1n) is 6.04. The summed E-state index contributed by atoms with van der Waals surface area (Å²) in [4.78, 5) is 4.09. The number of aromatic nitrogens is 1. The Morgan fingerprint density at radius 3 is 2.94 bits per heavy atom. The van der Waals surface area contributed by atoms with Gasteiger partial charge in [0.2, 0.25) is 5.88 Å². The summed E-state index contributed by atoms with van der Waals surface area (Å²) >= 11 is 0. The van der Waals surface area contributed by atoms with Gasteiger partial charge in [0.1, 0.15) is 0 Å². The van der Waals surface area contributed by atoms with Gasteiger partial charge in [-0.1, -0.05) is 6.92 Å². The summed E-state index contributed by atoms with van der Waals surface area (Å²) in [6.07, 6.45) is 3.98. The van der Waals surface area contributed by atoms with E-state index in [1.807, 2.05) is 12.1 Å². The molecule has 0 unspecified atom stereocenters. The lowest BCUT2D eigenvalue weighted by Gasteiger charge is -2.33. The third kappa shape index (κ3) is 3.33. The fourth-order valence-electron chi connectivity index (χ4n) is 1.99. The average molecular weight is 236 g/mol. The number of ether oxygens (including phenoxy) is 2. The second kappa shape index (κ2) is 5.36. The maximum Gasteiger partial charge on any atom is 0.214 e. The molecule has 94 valence electrons.